The molecule has 2 amide bonds. The predicted octanol–water partition coefficient (Wildman–Crippen LogP) is 0.254. The second-order valence-corrected chi connectivity index (χ2v) is 5.62. The van der Waals surface area contributed by atoms with E-state index in [1.807, 2.05) is 13.8 Å². The number of aliphatic hydroxyl groups is 1. The van der Waals surface area contributed by atoms with Crippen LogP contribution in [0.5, 0.6) is 0 Å². The Hall–Kier alpha value is -1.40. The maximum Gasteiger partial charge on any atom is 0.257 e. The van der Waals surface area contributed by atoms with Gasteiger partial charge in [-0.3, -0.25) is 14.5 Å². The van der Waals surface area contributed by atoms with Crippen LogP contribution in [0.4, 0.5) is 0 Å². The molecule has 0 spiro atoms. The molecule has 0 saturated carbocycles. The van der Waals surface area contributed by atoms with E-state index in [1.165, 1.54) is 18.1 Å². The zero-order valence-electron chi connectivity index (χ0n) is 12.7. The Morgan fingerprint density at radius 1 is 1.40 bits per heavy atom. The quantitative estimate of drug-likeness (QED) is 0.755. The standard InChI is InChI=1S/C14H24N2O4/c1-7(2)12-10(20-5)6-11(17)16(12)14(19)8(3)13(18)9(4)15/h6-9,12-13,18H,15H2,1-5H3/t8-,9+,12+,13+/m1/s1. The van der Waals surface area contributed by atoms with Gasteiger partial charge in [0.05, 0.1) is 25.2 Å². The molecule has 0 aromatic rings. The van der Waals surface area contributed by atoms with Gasteiger partial charge in [0.25, 0.3) is 5.91 Å². The van der Waals surface area contributed by atoms with Gasteiger partial charge in [0.1, 0.15) is 5.76 Å². The lowest BCUT2D eigenvalue weighted by Gasteiger charge is -2.31. The summed E-state index contributed by atoms with van der Waals surface area (Å²) in [5.74, 6) is -1.09. The number of ether oxygens (including phenoxy) is 1. The molecular formula is C14H24N2O4. The molecule has 0 aliphatic carbocycles. The molecular weight excluding hydrogens is 260 g/mol. The third-order valence-electron chi connectivity index (χ3n) is 3.62. The first kappa shape index (κ1) is 16.7. The minimum Gasteiger partial charge on any atom is -0.499 e. The summed E-state index contributed by atoms with van der Waals surface area (Å²) < 4.78 is 5.18. The van der Waals surface area contributed by atoms with Crippen molar-refractivity contribution in [2.24, 2.45) is 17.6 Å². The third kappa shape index (κ3) is 3.02. The van der Waals surface area contributed by atoms with Crippen LogP contribution in [-0.4, -0.2) is 47.1 Å². The van der Waals surface area contributed by atoms with E-state index in [0.29, 0.717) is 5.76 Å². The zero-order chi connectivity index (χ0) is 15.6. The Morgan fingerprint density at radius 2 is 1.95 bits per heavy atom. The van der Waals surface area contributed by atoms with E-state index in [2.05, 4.69) is 0 Å². The highest BCUT2D eigenvalue weighted by molar-refractivity contribution is 6.04. The first-order valence-corrected chi connectivity index (χ1v) is 6.78. The van der Waals surface area contributed by atoms with Crippen molar-refractivity contribution in [2.45, 2.75) is 45.9 Å². The number of nitrogens with two attached hydrogens (primary N) is 1. The maximum absolute atomic E-state index is 12.5. The van der Waals surface area contributed by atoms with Crippen molar-refractivity contribution in [3.05, 3.63) is 11.8 Å². The predicted molar refractivity (Wildman–Crippen MR) is 74.4 cm³/mol. The van der Waals surface area contributed by atoms with E-state index < -0.39 is 35.9 Å². The third-order valence-corrected chi connectivity index (χ3v) is 3.62. The molecule has 1 rings (SSSR count). The molecule has 0 unspecified atom stereocenters. The number of hydrogen-bond donors (Lipinski definition) is 2. The van der Waals surface area contributed by atoms with Gasteiger partial charge in [0.15, 0.2) is 0 Å². The number of imide groups is 1. The minimum absolute atomic E-state index is 0.0243. The summed E-state index contributed by atoms with van der Waals surface area (Å²) in [7, 11) is 1.47. The lowest BCUT2D eigenvalue weighted by Crippen LogP contribution is -2.50. The molecule has 6 heteroatoms. The summed E-state index contributed by atoms with van der Waals surface area (Å²) in [6.07, 6.45) is 0.336. The SMILES string of the molecule is COC1=CC(=O)N(C(=O)[C@H](C)[C@H](O)[C@H](C)N)[C@H]1C(C)C. The van der Waals surface area contributed by atoms with Gasteiger partial charge >= 0.3 is 0 Å². The van der Waals surface area contributed by atoms with Gasteiger partial charge in [-0.15, -0.1) is 0 Å². The smallest absolute Gasteiger partial charge is 0.257 e. The van der Waals surface area contributed by atoms with Gasteiger partial charge in [-0.1, -0.05) is 20.8 Å². The molecule has 1 aliphatic rings. The highest BCUT2D eigenvalue weighted by Gasteiger charge is 2.43. The van der Waals surface area contributed by atoms with Crippen molar-refractivity contribution in [2.75, 3.05) is 7.11 Å². The molecule has 6 nitrogen and oxygen atoms in total. The number of aliphatic hydroxyl groups excluding tert-OH is 1. The molecule has 0 bridgehead atoms. The van der Waals surface area contributed by atoms with E-state index in [9.17, 15) is 14.7 Å². The molecule has 3 N–H and O–H groups in total. The Balaban J connectivity index is 3.00. The fraction of sp³-hybridized carbons (Fsp3) is 0.714. The number of rotatable bonds is 5. The molecule has 1 heterocycles. The molecule has 0 aromatic heterocycles. The summed E-state index contributed by atoms with van der Waals surface area (Å²) in [4.78, 5) is 25.7. The Morgan fingerprint density at radius 3 is 2.35 bits per heavy atom. The first-order chi connectivity index (χ1) is 9.22. The Kier molecular flexibility index (Phi) is 5.30. The van der Waals surface area contributed by atoms with E-state index >= 15 is 0 Å². The second-order valence-electron chi connectivity index (χ2n) is 5.62. The van der Waals surface area contributed by atoms with E-state index in [1.54, 1.807) is 13.8 Å². The Bertz CT molecular complexity index is 417. The maximum atomic E-state index is 12.5. The zero-order valence-corrected chi connectivity index (χ0v) is 12.7. The van der Waals surface area contributed by atoms with E-state index in [-0.39, 0.29) is 5.92 Å². The summed E-state index contributed by atoms with van der Waals surface area (Å²) >= 11 is 0. The fourth-order valence-corrected chi connectivity index (χ4v) is 2.41. The van der Waals surface area contributed by atoms with Crippen LogP contribution in [-0.2, 0) is 14.3 Å². The number of hydrogen-bond acceptors (Lipinski definition) is 5. The van der Waals surface area contributed by atoms with E-state index in [4.69, 9.17) is 10.5 Å². The molecule has 0 radical (unpaired) electrons. The fourth-order valence-electron chi connectivity index (χ4n) is 2.41. The van der Waals surface area contributed by atoms with Crippen LogP contribution in [0, 0.1) is 11.8 Å². The molecule has 0 fully saturated rings. The molecule has 114 valence electrons. The van der Waals surface area contributed by atoms with Gasteiger partial charge in [-0.05, 0) is 12.8 Å². The summed E-state index contributed by atoms with van der Waals surface area (Å²) in [6.45, 7) is 7.01. The number of nitrogens with zero attached hydrogens (tertiary/aromatic N) is 1. The highest BCUT2D eigenvalue weighted by Crippen LogP contribution is 2.28. The van der Waals surface area contributed by atoms with Crippen LogP contribution in [0.3, 0.4) is 0 Å². The van der Waals surface area contributed by atoms with Gasteiger partial charge < -0.3 is 15.6 Å². The van der Waals surface area contributed by atoms with Gasteiger partial charge in [0, 0.05) is 12.1 Å². The monoisotopic (exact) mass is 284 g/mol. The molecule has 0 aromatic carbocycles. The first-order valence-electron chi connectivity index (χ1n) is 6.78. The van der Waals surface area contributed by atoms with Crippen molar-refractivity contribution < 1.29 is 19.4 Å². The summed E-state index contributed by atoms with van der Waals surface area (Å²) in [5.41, 5.74) is 5.61. The molecule has 1 aliphatic heterocycles. The van der Waals surface area contributed by atoms with Gasteiger partial charge in [-0.25, -0.2) is 0 Å². The largest absolute Gasteiger partial charge is 0.499 e. The average molecular weight is 284 g/mol. The van der Waals surface area contributed by atoms with Crippen molar-refractivity contribution in [3.8, 4) is 0 Å². The van der Waals surface area contributed by atoms with Gasteiger partial charge in [-0.2, -0.15) is 0 Å². The lowest BCUT2D eigenvalue weighted by atomic mass is 9.95. The van der Waals surface area contributed by atoms with Crippen LogP contribution in [0.1, 0.15) is 27.7 Å². The van der Waals surface area contributed by atoms with Crippen LogP contribution >= 0.6 is 0 Å². The van der Waals surface area contributed by atoms with Crippen LogP contribution in [0.2, 0.25) is 0 Å². The normalized spacial score (nSPS) is 23.6. The topological polar surface area (TPSA) is 92.9 Å². The van der Waals surface area contributed by atoms with Crippen LogP contribution in [0.25, 0.3) is 0 Å². The molecule has 0 saturated heterocycles. The summed E-state index contributed by atoms with van der Waals surface area (Å²) in [5, 5.41) is 9.93. The van der Waals surface area contributed by atoms with Gasteiger partial charge in [0.2, 0.25) is 5.91 Å². The van der Waals surface area contributed by atoms with Crippen molar-refractivity contribution in [1.29, 1.82) is 0 Å². The Labute approximate surface area is 119 Å². The van der Waals surface area contributed by atoms with Crippen molar-refractivity contribution in [3.63, 3.8) is 0 Å². The van der Waals surface area contributed by atoms with Crippen molar-refractivity contribution >= 4 is 11.8 Å². The van der Waals surface area contributed by atoms with E-state index in [0.717, 1.165) is 0 Å². The number of carbonyl (C=O) groups excluding carboxylic acids is 2. The number of carbonyl (C=O) groups is 2. The second kappa shape index (κ2) is 6.37. The highest BCUT2D eigenvalue weighted by atomic mass is 16.5. The average Bonchev–Trinajstić information content (AvgIpc) is 2.72. The number of methoxy groups -OCH3 is 1. The lowest BCUT2D eigenvalue weighted by molar-refractivity contribution is -0.149. The minimum atomic E-state index is -0.991. The molecule has 20 heavy (non-hydrogen) atoms. The van der Waals surface area contributed by atoms with Crippen LogP contribution in [0.15, 0.2) is 11.8 Å². The number of amides is 2. The molecule has 4 atom stereocenters. The summed E-state index contributed by atoms with van der Waals surface area (Å²) in [6, 6.07) is -0.971. The van der Waals surface area contributed by atoms with Crippen LogP contribution < -0.4 is 5.73 Å². The van der Waals surface area contributed by atoms with Crippen molar-refractivity contribution in [1.82, 2.24) is 4.90 Å².